The van der Waals surface area contributed by atoms with Gasteiger partial charge in [0.15, 0.2) is 5.17 Å². The first-order valence-corrected chi connectivity index (χ1v) is 8.50. The van der Waals surface area contributed by atoms with Crippen molar-refractivity contribution in [1.82, 2.24) is 5.32 Å². The molecule has 24 heavy (non-hydrogen) atoms. The molecule has 1 aliphatic heterocycles. The molecule has 0 aromatic heterocycles. The van der Waals surface area contributed by atoms with Gasteiger partial charge >= 0.3 is 0 Å². The number of hydrogen-bond acceptors (Lipinski definition) is 5. The number of carbonyl (C=O) groups is 1. The molecule has 1 aliphatic rings. The lowest BCUT2D eigenvalue weighted by Crippen LogP contribution is -2.19. The zero-order valence-corrected chi connectivity index (χ0v) is 14.0. The Labute approximate surface area is 144 Å². The summed E-state index contributed by atoms with van der Waals surface area (Å²) in [4.78, 5) is 11.1. The van der Waals surface area contributed by atoms with Gasteiger partial charge in [0.1, 0.15) is 12.4 Å². The maximum atomic E-state index is 11.1. The van der Waals surface area contributed by atoms with Crippen LogP contribution in [0.4, 0.5) is 0 Å². The van der Waals surface area contributed by atoms with Gasteiger partial charge < -0.3 is 10.1 Å². The average Bonchev–Trinajstić information content (AvgIpc) is 3.01. The largest absolute Gasteiger partial charge is 0.488 e. The minimum atomic E-state index is -0.0452. The Balaban J connectivity index is 1.72. The zero-order chi connectivity index (χ0) is 16.8. The molecule has 0 aliphatic carbocycles. The van der Waals surface area contributed by atoms with Crippen LogP contribution in [0, 0.1) is 6.92 Å². The number of aryl methyl sites for hydroxylation is 1. The van der Waals surface area contributed by atoms with Crippen LogP contribution in [0.2, 0.25) is 0 Å². The average molecular weight is 339 g/mol. The number of thioether (sulfide) groups is 1. The molecule has 2 aromatic rings. The summed E-state index contributed by atoms with van der Waals surface area (Å²) in [6.07, 6.45) is 1.64. The van der Waals surface area contributed by atoms with Gasteiger partial charge in [0.05, 0.1) is 12.0 Å². The number of rotatable bonds is 5. The smallest absolute Gasteiger partial charge is 0.236 e. The lowest BCUT2D eigenvalue weighted by molar-refractivity contribution is -0.116. The van der Waals surface area contributed by atoms with Crippen LogP contribution in [0.25, 0.3) is 0 Å². The van der Waals surface area contributed by atoms with Crippen LogP contribution >= 0.6 is 11.8 Å². The molecular weight excluding hydrogens is 322 g/mol. The summed E-state index contributed by atoms with van der Waals surface area (Å²) in [5.41, 5.74) is 3.06. The molecule has 0 atom stereocenters. The number of ether oxygens (including phenoxy) is 1. The predicted octanol–water partition coefficient (Wildman–Crippen LogP) is 3.13. The Morgan fingerprint density at radius 1 is 1.25 bits per heavy atom. The van der Waals surface area contributed by atoms with E-state index in [-0.39, 0.29) is 5.91 Å². The predicted molar refractivity (Wildman–Crippen MR) is 97.6 cm³/mol. The number of amidine groups is 1. The van der Waals surface area contributed by atoms with Crippen molar-refractivity contribution in [2.24, 2.45) is 10.2 Å². The Bertz CT molecular complexity index is 788. The Morgan fingerprint density at radius 2 is 2.08 bits per heavy atom. The van der Waals surface area contributed by atoms with E-state index in [0.717, 1.165) is 22.4 Å². The Morgan fingerprint density at radius 3 is 2.83 bits per heavy atom. The molecule has 122 valence electrons. The molecule has 1 fully saturated rings. The number of nitrogens with one attached hydrogen (secondary N) is 1. The van der Waals surface area contributed by atoms with Gasteiger partial charge in [-0.05, 0) is 30.2 Å². The van der Waals surface area contributed by atoms with Crippen molar-refractivity contribution in [1.29, 1.82) is 0 Å². The van der Waals surface area contributed by atoms with E-state index in [1.165, 1.54) is 11.8 Å². The first-order valence-electron chi connectivity index (χ1n) is 7.52. The molecule has 1 saturated heterocycles. The quantitative estimate of drug-likeness (QED) is 0.672. The highest BCUT2D eigenvalue weighted by Gasteiger charge is 2.15. The normalized spacial score (nSPS) is 15.9. The fourth-order valence-electron chi connectivity index (χ4n) is 2.13. The highest BCUT2D eigenvalue weighted by Crippen LogP contribution is 2.20. The zero-order valence-electron chi connectivity index (χ0n) is 13.2. The molecule has 5 nitrogen and oxygen atoms in total. The standard InChI is InChI=1S/C18H17N3O2S/c1-13-7-8-15(10-19-21-18-20-17(22)12-24-18)16(9-13)23-11-14-5-3-2-4-6-14/h2-10H,11-12H2,1H3,(H,20,21,22). The van der Waals surface area contributed by atoms with Crippen LogP contribution in [0.5, 0.6) is 5.75 Å². The summed E-state index contributed by atoms with van der Waals surface area (Å²) in [5, 5.41) is 11.2. The SMILES string of the molecule is Cc1ccc(C=NN=C2NC(=O)CS2)c(OCc2ccccc2)c1. The molecule has 1 heterocycles. The van der Waals surface area contributed by atoms with Gasteiger partial charge in [-0.25, -0.2) is 0 Å². The lowest BCUT2D eigenvalue weighted by Gasteiger charge is -2.10. The van der Waals surface area contributed by atoms with Gasteiger partial charge in [0.2, 0.25) is 5.91 Å². The summed E-state index contributed by atoms with van der Waals surface area (Å²) in [7, 11) is 0. The maximum absolute atomic E-state index is 11.1. The van der Waals surface area contributed by atoms with E-state index >= 15 is 0 Å². The van der Waals surface area contributed by atoms with Crippen LogP contribution in [0.3, 0.4) is 0 Å². The Hall–Kier alpha value is -2.60. The molecule has 0 spiro atoms. The van der Waals surface area contributed by atoms with Crippen molar-refractivity contribution in [2.45, 2.75) is 13.5 Å². The summed E-state index contributed by atoms with van der Waals surface area (Å²) in [6, 6.07) is 15.9. The van der Waals surface area contributed by atoms with E-state index in [9.17, 15) is 4.79 Å². The van der Waals surface area contributed by atoms with E-state index in [1.54, 1.807) is 6.21 Å². The van der Waals surface area contributed by atoms with Gasteiger partial charge in [0, 0.05) is 5.56 Å². The van der Waals surface area contributed by atoms with Gasteiger partial charge in [-0.1, -0.05) is 48.2 Å². The Kier molecular flexibility index (Phi) is 5.28. The van der Waals surface area contributed by atoms with Crippen LogP contribution in [-0.4, -0.2) is 23.0 Å². The second-order valence-corrected chi connectivity index (χ2v) is 6.27. The van der Waals surface area contributed by atoms with Crippen molar-refractivity contribution in [3.05, 3.63) is 65.2 Å². The van der Waals surface area contributed by atoms with Crippen molar-refractivity contribution in [3.63, 3.8) is 0 Å². The highest BCUT2D eigenvalue weighted by molar-refractivity contribution is 8.15. The lowest BCUT2D eigenvalue weighted by atomic mass is 10.1. The third-order valence-electron chi connectivity index (χ3n) is 3.34. The molecule has 0 unspecified atom stereocenters. The van der Waals surface area contributed by atoms with E-state index in [0.29, 0.717) is 17.5 Å². The summed E-state index contributed by atoms with van der Waals surface area (Å²) in [6.45, 7) is 2.51. The van der Waals surface area contributed by atoms with Gasteiger partial charge in [-0.3, -0.25) is 4.79 Å². The first kappa shape index (κ1) is 16.3. The summed E-state index contributed by atoms with van der Waals surface area (Å²) < 4.78 is 5.93. The van der Waals surface area contributed by atoms with E-state index in [4.69, 9.17) is 4.74 Å². The molecule has 1 amide bonds. The highest BCUT2D eigenvalue weighted by atomic mass is 32.2. The first-order chi connectivity index (χ1) is 11.7. The van der Waals surface area contributed by atoms with Crippen molar-refractivity contribution in [2.75, 3.05) is 5.75 Å². The van der Waals surface area contributed by atoms with E-state index in [2.05, 4.69) is 15.5 Å². The minimum Gasteiger partial charge on any atom is -0.488 e. The third kappa shape index (κ3) is 4.45. The van der Waals surface area contributed by atoms with Gasteiger partial charge in [0.25, 0.3) is 0 Å². The number of benzene rings is 2. The minimum absolute atomic E-state index is 0.0452. The second kappa shape index (κ2) is 7.79. The molecular formula is C18H17N3O2S. The number of carbonyl (C=O) groups excluding carboxylic acids is 1. The van der Waals surface area contributed by atoms with Crippen molar-refractivity contribution < 1.29 is 9.53 Å². The fourth-order valence-corrected chi connectivity index (χ4v) is 2.76. The fraction of sp³-hybridized carbons (Fsp3) is 0.167. The van der Waals surface area contributed by atoms with Crippen LogP contribution in [0.1, 0.15) is 16.7 Å². The summed E-state index contributed by atoms with van der Waals surface area (Å²) >= 11 is 1.34. The van der Waals surface area contributed by atoms with Gasteiger partial charge in [-0.15, -0.1) is 5.10 Å². The monoisotopic (exact) mass is 339 g/mol. The summed E-state index contributed by atoms with van der Waals surface area (Å²) in [5.74, 6) is 1.10. The molecule has 0 bridgehead atoms. The van der Waals surface area contributed by atoms with Crippen LogP contribution in [0.15, 0.2) is 58.7 Å². The van der Waals surface area contributed by atoms with E-state index in [1.807, 2.05) is 55.5 Å². The van der Waals surface area contributed by atoms with Gasteiger partial charge in [-0.2, -0.15) is 5.10 Å². The van der Waals surface area contributed by atoms with Crippen LogP contribution < -0.4 is 10.1 Å². The molecule has 0 radical (unpaired) electrons. The molecule has 2 aromatic carbocycles. The van der Waals surface area contributed by atoms with E-state index < -0.39 is 0 Å². The van der Waals surface area contributed by atoms with Crippen molar-refractivity contribution in [3.8, 4) is 5.75 Å². The second-order valence-electron chi connectivity index (χ2n) is 5.30. The van der Waals surface area contributed by atoms with Crippen LogP contribution in [-0.2, 0) is 11.4 Å². The third-order valence-corrected chi connectivity index (χ3v) is 4.20. The number of nitrogens with zero attached hydrogens (tertiary/aromatic N) is 2. The molecule has 3 rings (SSSR count). The van der Waals surface area contributed by atoms with Crippen molar-refractivity contribution >= 4 is 29.1 Å². The number of amides is 1. The maximum Gasteiger partial charge on any atom is 0.236 e. The molecule has 6 heteroatoms. The molecule has 1 N–H and O–H groups in total. The molecule has 0 saturated carbocycles. The number of hydrogen-bond donors (Lipinski definition) is 1. The topological polar surface area (TPSA) is 63.0 Å².